The Morgan fingerprint density at radius 3 is 2.47 bits per heavy atom. The number of tetrazole rings is 1. The van der Waals surface area contributed by atoms with E-state index in [0.29, 0.717) is 18.7 Å². The zero-order chi connectivity index (χ0) is 12.8. The SMILES string of the molecule is CC(C)(C)n1nnc(C2(C(N)C(=O)O)CC2)n1. The van der Waals surface area contributed by atoms with Crippen molar-refractivity contribution < 1.29 is 9.90 Å². The molecule has 0 amide bonds. The Hall–Kier alpha value is -1.50. The molecule has 0 saturated heterocycles. The Balaban J connectivity index is 2.30. The molecule has 0 spiro atoms. The minimum absolute atomic E-state index is 0.269. The first kappa shape index (κ1) is 12.0. The highest BCUT2D eigenvalue weighted by Crippen LogP contribution is 2.48. The van der Waals surface area contributed by atoms with Crippen molar-refractivity contribution >= 4 is 5.97 Å². The first-order valence-corrected chi connectivity index (χ1v) is 5.57. The predicted octanol–water partition coefficient (Wildman–Crippen LogP) is -0.128. The molecule has 17 heavy (non-hydrogen) atoms. The van der Waals surface area contributed by atoms with E-state index in [-0.39, 0.29) is 5.54 Å². The summed E-state index contributed by atoms with van der Waals surface area (Å²) in [5.41, 5.74) is 4.81. The Morgan fingerprint density at radius 1 is 1.53 bits per heavy atom. The van der Waals surface area contributed by atoms with Crippen molar-refractivity contribution in [2.75, 3.05) is 0 Å². The highest BCUT2D eigenvalue weighted by molar-refractivity contribution is 5.76. The van der Waals surface area contributed by atoms with Gasteiger partial charge in [-0.1, -0.05) is 0 Å². The Bertz CT molecular complexity index is 444. The molecule has 1 aromatic rings. The molecule has 1 aliphatic carbocycles. The lowest BCUT2D eigenvalue weighted by Gasteiger charge is -2.17. The van der Waals surface area contributed by atoms with Crippen LogP contribution in [0.4, 0.5) is 0 Å². The topological polar surface area (TPSA) is 107 Å². The zero-order valence-electron chi connectivity index (χ0n) is 10.2. The molecule has 0 aromatic carbocycles. The summed E-state index contributed by atoms with van der Waals surface area (Å²) in [7, 11) is 0. The number of aliphatic carboxylic acids is 1. The smallest absolute Gasteiger partial charge is 0.321 e. The van der Waals surface area contributed by atoms with Gasteiger partial charge >= 0.3 is 5.97 Å². The van der Waals surface area contributed by atoms with Crippen LogP contribution in [-0.4, -0.2) is 37.3 Å². The summed E-state index contributed by atoms with van der Waals surface area (Å²) < 4.78 is 0. The molecule has 94 valence electrons. The maximum Gasteiger partial charge on any atom is 0.321 e. The third kappa shape index (κ3) is 1.90. The van der Waals surface area contributed by atoms with Gasteiger partial charge in [0.15, 0.2) is 5.82 Å². The van der Waals surface area contributed by atoms with Crippen molar-refractivity contribution in [3.05, 3.63) is 5.82 Å². The summed E-state index contributed by atoms with van der Waals surface area (Å²) in [6.45, 7) is 5.86. The van der Waals surface area contributed by atoms with E-state index in [1.165, 1.54) is 4.80 Å². The van der Waals surface area contributed by atoms with E-state index in [2.05, 4.69) is 15.4 Å². The zero-order valence-corrected chi connectivity index (χ0v) is 10.2. The van der Waals surface area contributed by atoms with Crippen LogP contribution in [0.2, 0.25) is 0 Å². The Kier molecular flexibility index (Phi) is 2.46. The second-order valence-corrected chi connectivity index (χ2v) is 5.55. The van der Waals surface area contributed by atoms with Crippen LogP contribution in [0.3, 0.4) is 0 Å². The molecule has 0 radical (unpaired) electrons. The molecule has 1 fully saturated rings. The highest BCUT2D eigenvalue weighted by atomic mass is 16.4. The number of carbonyl (C=O) groups is 1. The van der Waals surface area contributed by atoms with Crippen molar-refractivity contribution in [1.82, 2.24) is 20.2 Å². The summed E-state index contributed by atoms with van der Waals surface area (Å²) in [5, 5.41) is 21.2. The summed E-state index contributed by atoms with van der Waals surface area (Å²) in [6.07, 6.45) is 1.41. The molecule has 2 rings (SSSR count). The van der Waals surface area contributed by atoms with Gasteiger partial charge in [-0.25, -0.2) is 0 Å². The lowest BCUT2D eigenvalue weighted by molar-refractivity contribution is -0.139. The van der Waals surface area contributed by atoms with Gasteiger partial charge < -0.3 is 10.8 Å². The Morgan fingerprint density at radius 2 is 2.12 bits per heavy atom. The van der Waals surface area contributed by atoms with E-state index in [0.717, 1.165) is 0 Å². The summed E-state index contributed by atoms with van der Waals surface area (Å²) >= 11 is 0. The molecular formula is C10H17N5O2. The third-order valence-electron chi connectivity index (χ3n) is 3.11. The fourth-order valence-corrected chi connectivity index (χ4v) is 1.74. The second kappa shape index (κ2) is 3.49. The highest BCUT2D eigenvalue weighted by Gasteiger charge is 2.56. The minimum Gasteiger partial charge on any atom is -0.480 e. The molecular weight excluding hydrogens is 222 g/mol. The molecule has 0 aliphatic heterocycles. The van der Waals surface area contributed by atoms with Gasteiger partial charge in [0.1, 0.15) is 6.04 Å². The van der Waals surface area contributed by atoms with Crippen molar-refractivity contribution in [2.45, 2.75) is 50.6 Å². The number of rotatable bonds is 3. The standard InChI is InChI=1S/C10H17N5O2/c1-9(2,3)15-13-8(12-14-15)10(4-5-10)6(11)7(16)17/h6H,4-5,11H2,1-3H3,(H,16,17). The van der Waals surface area contributed by atoms with Gasteiger partial charge in [-0.05, 0) is 38.8 Å². The van der Waals surface area contributed by atoms with Gasteiger partial charge in [0, 0.05) is 0 Å². The summed E-state index contributed by atoms with van der Waals surface area (Å²) in [5.74, 6) is -0.572. The van der Waals surface area contributed by atoms with E-state index in [1.54, 1.807) is 0 Å². The summed E-state index contributed by atoms with van der Waals surface area (Å²) in [6, 6.07) is -0.958. The number of nitrogens with two attached hydrogens (primary N) is 1. The van der Waals surface area contributed by atoms with Crippen LogP contribution in [0, 0.1) is 0 Å². The largest absolute Gasteiger partial charge is 0.480 e. The van der Waals surface area contributed by atoms with Crippen LogP contribution in [0.1, 0.15) is 39.4 Å². The van der Waals surface area contributed by atoms with Gasteiger partial charge in [0.2, 0.25) is 0 Å². The predicted molar refractivity (Wildman–Crippen MR) is 59.3 cm³/mol. The minimum atomic E-state index is -1.02. The second-order valence-electron chi connectivity index (χ2n) is 5.55. The molecule has 1 aromatic heterocycles. The van der Waals surface area contributed by atoms with Crippen LogP contribution in [0.5, 0.6) is 0 Å². The summed E-state index contributed by atoms with van der Waals surface area (Å²) in [4.78, 5) is 12.5. The molecule has 1 saturated carbocycles. The monoisotopic (exact) mass is 239 g/mol. The third-order valence-corrected chi connectivity index (χ3v) is 3.11. The molecule has 1 atom stereocenters. The lowest BCUT2D eigenvalue weighted by atomic mass is 9.96. The molecule has 1 unspecified atom stereocenters. The first-order chi connectivity index (χ1) is 7.77. The number of nitrogens with zero attached hydrogens (tertiary/aromatic N) is 4. The average Bonchev–Trinajstić information content (AvgIpc) is 2.85. The van der Waals surface area contributed by atoms with Crippen molar-refractivity contribution in [1.29, 1.82) is 0 Å². The number of hydrogen-bond donors (Lipinski definition) is 2. The van der Waals surface area contributed by atoms with Crippen molar-refractivity contribution in [3.63, 3.8) is 0 Å². The maximum absolute atomic E-state index is 11.0. The number of carboxylic acids is 1. The quantitative estimate of drug-likeness (QED) is 0.761. The number of carboxylic acid groups (broad SMARTS) is 1. The normalized spacial score (nSPS) is 20.0. The van der Waals surface area contributed by atoms with E-state index < -0.39 is 17.4 Å². The van der Waals surface area contributed by atoms with Crippen molar-refractivity contribution in [3.8, 4) is 0 Å². The molecule has 7 nitrogen and oxygen atoms in total. The van der Waals surface area contributed by atoms with Crippen molar-refractivity contribution in [2.24, 2.45) is 5.73 Å². The number of aromatic nitrogens is 4. The van der Waals surface area contributed by atoms with Gasteiger partial charge in [0.05, 0.1) is 11.0 Å². The van der Waals surface area contributed by atoms with Crippen LogP contribution >= 0.6 is 0 Å². The van der Waals surface area contributed by atoms with Crippen LogP contribution in [-0.2, 0) is 15.7 Å². The van der Waals surface area contributed by atoms with Crippen LogP contribution in [0.25, 0.3) is 0 Å². The fraction of sp³-hybridized carbons (Fsp3) is 0.800. The Labute approximate surface area is 99.0 Å². The van der Waals surface area contributed by atoms with Gasteiger partial charge in [-0.2, -0.15) is 4.80 Å². The number of hydrogen-bond acceptors (Lipinski definition) is 5. The molecule has 3 N–H and O–H groups in total. The van der Waals surface area contributed by atoms with Crippen LogP contribution < -0.4 is 5.73 Å². The maximum atomic E-state index is 11.0. The van der Waals surface area contributed by atoms with Crippen LogP contribution in [0.15, 0.2) is 0 Å². The molecule has 1 heterocycles. The van der Waals surface area contributed by atoms with E-state index in [1.807, 2.05) is 20.8 Å². The molecule has 1 aliphatic rings. The lowest BCUT2D eigenvalue weighted by Crippen LogP contribution is -2.42. The van der Waals surface area contributed by atoms with E-state index >= 15 is 0 Å². The van der Waals surface area contributed by atoms with E-state index in [9.17, 15) is 4.79 Å². The van der Waals surface area contributed by atoms with Gasteiger partial charge in [0.25, 0.3) is 0 Å². The van der Waals surface area contributed by atoms with Gasteiger partial charge in [-0.3, -0.25) is 4.79 Å². The molecule has 7 heteroatoms. The average molecular weight is 239 g/mol. The fourth-order valence-electron chi connectivity index (χ4n) is 1.74. The van der Waals surface area contributed by atoms with E-state index in [4.69, 9.17) is 10.8 Å². The van der Waals surface area contributed by atoms with Gasteiger partial charge in [-0.15, -0.1) is 10.2 Å². The molecule has 0 bridgehead atoms. The first-order valence-electron chi connectivity index (χ1n) is 5.57.